The number of quaternary nitrogens is 1. The van der Waals surface area contributed by atoms with Gasteiger partial charge in [0.15, 0.2) is 0 Å². The van der Waals surface area contributed by atoms with E-state index in [9.17, 15) is 0 Å². The van der Waals surface area contributed by atoms with Gasteiger partial charge < -0.3 is 11.9 Å². The van der Waals surface area contributed by atoms with E-state index in [1.165, 1.54) is 0 Å². The van der Waals surface area contributed by atoms with E-state index < -0.39 is 0 Å². The van der Waals surface area contributed by atoms with E-state index in [0.29, 0.717) is 0 Å². The van der Waals surface area contributed by atoms with E-state index in [1.807, 2.05) is 0 Å². The number of hydrogen-bond acceptors (Lipinski definition) is 0. The van der Waals surface area contributed by atoms with Gasteiger partial charge in [-0.15, -0.1) is 0 Å². The van der Waals surface area contributed by atoms with Crippen molar-refractivity contribution >= 4 is 0 Å². The van der Waals surface area contributed by atoms with Crippen LogP contribution >= 0.6 is 0 Å². The molecule has 0 aliphatic heterocycles. The van der Waals surface area contributed by atoms with Gasteiger partial charge >= 0.3 is 0 Å². The molecule has 48 valence electrons. The molecule has 0 heterocycles. The molecule has 0 aliphatic carbocycles. The third-order valence-corrected chi connectivity index (χ3v) is 0. The zero-order valence-corrected chi connectivity index (χ0v) is 5.45. The van der Waals surface area contributed by atoms with Crippen molar-refractivity contribution in [1.82, 2.24) is 0 Å². The molecule has 1 nitrogen and oxygen atoms in total. The molecule has 1 heteroatoms. The highest BCUT2D eigenvalue weighted by molar-refractivity contribution is 3.87. The molecule has 7 heavy (non-hydrogen) atoms. The van der Waals surface area contributed by atoms with Crippen molar-refractivity contribution in [3.8, 4) is 0 Å². The van der Waals surface area contributed by atoms with Crippen LogP contribution in [0.15, 0.2) is 0 Å². The van der Waals surface area contributed by atoms with Gasteiger partial charge in [-0.1, -0.05) is 7.43 Å². The van der Waals surface area contributed by atoms with E-state index in [2.05, 4.69) is 28.2 Å². The lowest BCUT2D eigenvalue weighted by Gasteiger charge is -2.14. The Hall–Kier alpha value is -0.0400. The summed E-state index contributed by atoms with van der Waals surface area (Å²) in [5.74, 6) is 0. The van der Waals surface area contributed by atoms with Crippen molar-refractivity contribution in [3.05, 3.63) is 7.43 Å². The average molecular weight is 105 g/mol. The van der Waals surface area contributed by atoms with Crippen molar-refractivity contribution in [2.75, 3.05) is 28.2 Å². The van der Waals surface area contributed by atoms with Crippen LogP contribution in [0.25, 0.3) is 0 Å². The van der Waals surface area contributed by atoms with Crippen molar-refractivity contribution in [2.45, 2.75) is 7.43 Å². The summed E-state index contributed by atoms with van der Waals surface area (Å²) >= 11 is 0. The molecule has 0 aromatic heterocycles. The number of hydrogen-bond donors (Lipinski definition) is 0. The third kappa shape index (κ3) is 58400. The number of rotatable bonds is 0. The Morgan fingerprint density at radius 1 is 0.857 bits per heavy atom. The molecule has 0 aromatic rings. The molecule has 0 aliphatic rings. The second-order valence-electron chi connectivity index (χ2n) is 2.68. The molecule has 0 bridgehead atoms. The predicted octanol–water partition coefficient (Wildman–Crippen LogP) is 1.41. The van der Waals surface area contributed by atoms with Crippen LogP contribution in [0.2, 0.25) is 0 Å². The monoisotopic (exact) mass is 105 g/mol. The minimum absolute atomic E-state index is 0. The molecule has 0 spiro atoms. The predicted molar refractivity (Wildman–Crippen MR) is 37.1 cm³/mol. The minimum Gasteiger partial charge on any atom is -0.358 e. The van der Waals surface area contributed by atoms with E-state index in [4.69, 9.17) is 0 Å². The Morgan fingerprint density at radius 2 is 0.857 bits per heavy atom. The quantitative estimate of drug-likeness (QED) is 0.323. The fraction of sp³-hybridized carbons (Fsp3) is 0.833. The molecule has 0 saturated heterocycles. The SMILES string of the molecule is C.C[N+](C)(C)C.[CH3-]. The van der Waals surface area contributed by atoms with Crippen LogP contribution in [-0.4, -0.2) is 32.7 Å². The van der Waals surface area contributed by atoms with Gasteiger partial charge in [-0.25, -0.2) is 0 Å². The lowest BCUT2D eigenvalue weighted by Crippen LogP contribution is -2.27. The Bertz CT molecular complexity index is 19.7. The van der Waals surface area contributed by atoms with E-state index in [-0.39, 0.29) is 14.9 Å². The summed E-state index contributed by atoms with van der Waals surface area (Å²) in [7, 11) is 8.50. The van der Waals surface area contributed by atoms with Gasteiger partial charge in [0.05, 0.1) is 28.2 Å². The lowest BCUT2D eigenvalue weighted by atomic mass is 10.8. The molecule has 0 aromatic carbocycles. The zero-order chi connectivity index (χ0) is 4.50. The normalized spacial score (nSPS) is 8.57. The molecule has 0 atom stereocenters. The largest absolute Gasteiger partial charge is 0.358 e. The molecular formula is C6H19N. The van der Waals surface area contributed by atoms with Crippen LogP contribution in [0.3, 0.4) is 0 Å². The van der Waals surface area contributed by atoms with Crippen molar-refractivity contribution in [3.63, 3.8) is 0 Å². The van der Waals surface area contributed by atoms with Gasteiger partial charge in [-0.3, -0.25) is 0 Å². The van der Waals surface area contributed by atoms with Gasteiger partial charge in [-0.05, 0) is 0 Å². The zero-order valence-electron chi connectivity index (χ0n) is 5.45. The maximum Gasteiger partial charge on any atom is 0.0675 e. The highest BCUT2D eigenvalue weighted by Gasteiger charge is 1.88. The first-order chi connectivity index (χ1) is 2.00. The highest BCUT2D eigenvalue weighted by atomic mass is 15.2. The van der Waals surface area contributed by atoms with Crippen LogP contribution < -0.4 is 0 Å². The van der Waals surface area contributed by atoms with Crippen LogP contribution in [0, 0.1) is 7.43 Å². The summed E-state index contributed by atoms with van der Waals surface area (Å²) in [5, 5.41) is 0. The van der Waals surface area contributed by atoms with Gasteiger partial charge in [-0.2, -0.15) is 0 Å². The maximum absolute atomic E-state index is 2.12. The van der Waals surface area contributed by atoms with E-state index in [0.717, 1.165) is 4.48 Å². The smallest absolute Gasteiger partial charge is 0.0675 e. The van der Waals surface area contributed by atoms with Gasteiger partial charge in [0.2, 0.25) is 0 Å². The summed E-state index contributed by atoms with van der Waals surface area (Å²) in [6.07, 6.45) is 0. The van der Waals surface area contributed by atoms with Gasteiger partial charge in [0.1, 0.15) is 0 Å². The topological polar surface area (TPSA) is 0 Å². The third-order valence-electron chi connectivity index (χ3n) is 0. The molecule has 0 amide bonds. The second kappa shape index (κ2) is 4.13. The summed E-state index contributed by atoms with van der Waals surface area (Å²) in [6.45, 7) is 0. The maximum atomic E-state index is 2.12. The van der Waals surface area contributed by atoms with Crippen molar-refractivity contribution < 1.29 is 4.48 Å². The van der Waals surface area contributed by atoms with Crippen molar-refractivity contribution in [2.24, 2.45) is 0 Å². The fourth-order valence-electron chi connectivity index (χ4n) is 0. The fourth-order valence-corrected chi connectivity index (χ4v) is 0. The first-order valence-electron chi connectivity index (χ1n) is 1.79. The molecule has 0 unspecified atom stereocenters. The molecule has 0 N–H and O–H groups in total. The van der Waals surface area contributed by atoms with Crippen molar-refractivity contribution in [1.29, 1.82) is 0 Å². The van der Waals surface area contributed by atoms with Crippen LogP contribution in [0.1, 0.15) is 7.43 Å². The molecule has 0 radical (unpaired) electrons. The first kappa shape index (κ1) is 15.8. The van der Waals surface area contributed by atoms with Gasteiger partial charge in [0, 0.05) is 0 Å². The van der Waals surface area contributed by atoms with E-state index >= 15 is 0 Å². The Balaban J connectivity index is -0.0000000800. The summed E-state index contributed by atoms with van der Waals surface area (Å²) in [5.41, 5.74) is 0. The highest BCUT2D eigenvalue weighted by Crippen LogP contribution is 1.73. The Kier molecular flexibility index (Phi) is 9.30. The Morgan fingerprint density at radius 3 is 0.857 bits per heavy atom. The average Bonchev–Trinajstić information content (AvgIpc) is 0.722. The van der Waals surface area contributed by atoms with Gasteiger partial charge in [0.25, 0.3) is 0 Å². The Labute approximate surface area is 48.5 Å². The van der Waals surface area contributed by atoms with Crippen LogP contribution in [0.4, 0.5) is 0 Å². The minimum atomic E-state index is 0. The molecule has 0 saturated carbocycles. The summed E-state index contributed by atoms with van der Waals surface area (Å²) in [4.78, 5) is 0. The number of nitrogens with zero attached hydrogens (tertiary/aromatic N) is 1. The molecular weight excluding hydrogens is 86.1 g/mol. The molecule has 0 rings (SSSR count). The van der Waals surface area contributed by atoms with Crippen LogP contribution in [0.5, 0.6) is 0 Å². The second-order valence-corrected chi connectivity index (χ2v) is 2.68. The lowest BCUT2D eigenvalue weighted by molar-refractivity contribution is -0.849. The first-order valence-corrected chi connectivity index (χ1v) is 1.79. The van der Waals surface area contributed by atoms with Crippen LogP contribution in [-0.2, 0) is 0 Å². The van der Waals surface area contributed by atoms with E-state index in [1.54, 1.807) is 0 Å². The standard InChI is InChI=1S/C4H12N.CH4.CH3/c1-5(2,3)4;;/h1-4H3;1H4;1H3/q+1;;-1. The summed E-state index contributed by atoms with van der Waals surface area (Å²) < 4.78 is 1.00. The summed E-state index contributed by atoms with van der Waals surface area (Å²) in [6, 6.07) is 0. The molecule has 0 fully saturated rings.